The second-order valence-electron chi connectivity index (χ2n) is 7.18. The molecule has 0 amide bonds. The number of carboxylic acids is 1. The summed E-state index contributed by atoms with van der Waals surface area (Å²) in [4.78, 5) is 15.4. The number of hydrogen-bond donors (Lipinski definition) is 1. The van der Waals surface area contributed by atoms with Crippen LogP contribution in [-0.4, -0.2) is 16.1 Å². The summed E-state index contributed by atoms with van der Waals surface area (Å²) in [6.45, 7) is 0. The van der Waals surface area contributed by atoms with Crippen LogP contribution in [0.1, 0.15) is 29.4 Å². The highest BCUT2D eigenvalue weighted by molar-refractivity contribution is 5.79. The molecule has 1 aliphatic carbocycles. The molecule has 0 aliphatic heterocycles. The van der Waals surface area contributed by atoms with Gasteiger partial charge in [0.1, 0.15) is 5.69 Å². The molecule has 1 saturated carbocycles. The average molecular weight is 441 g/mol. The Hall–Kier alpha value is -3.30. The summed E-state index contributed by atoms with van der Waals surface area (Å²) in [5.41, 5.74) is -2.97. The first kappa shape index (κ1) is 21.0. The molecule has 0 spiro atoms. The molecule has 1 heterocycles. The maximum absolute atomic E-state index is 13.3. The van der Waals surface area contributed by atoms with Crippen molar-refractivity contribution >= 4 is 5.97 Å². The molecule has 1 N–H and O–H groups in total. The highest BCUT2D eigenvalue weighted by Crippen LogP contribution is 2.50. The lowest BCUT2D eigenvalue weighted by molar-refractivity contribution is -0.143. The molecule has 2 atom stereocenters. The molecular formula is C21H13F6NO3. The van der Waals surface area contributed by atoms with Crippen LogP contribution in [0.15, 0.2) is 52.9 Å². The summed E-state index contributed by atoms with van der Waals surface area (Å²) in [6.07, 6.45) is -9.81. The minimum absolute atomic E-state index is 0.0321. The molecule has 4 nitrogen and oxygen atoms in total. The third kappa shape index (κ3) is 4.14. The average Bonchev–Trinajstić information content (AvgIpc) is 3.38. The Labute approximate surface area is 171 Å². The summed E-state index contributed by atoms with van der Waals surface area (Å²) in [5, 5.41) is 9.13. The van der Waals surface area contributed by atoms with E-state index in [1.54, 1.807) is 30.3 Å². The van der Waals surface area contributed by atoms with Crippen molar-refractivity contribution < 1.29 is 40.7 Å². The lowest BCUT2D eigenvalue weighted by atomic mass is 10.0. The molecule has 1 aliphatic rings. The lowest BCUT2D eigenvalue weighted by Crippen LogP contribution is -2.11. The van der Waals surface area contributed by atoms with Gasteiger partial charge >= 0.3 is 18.3 Å². The second-order valence-corrected chi connectivity index (χ2v) is 7.18. The van der Waals surface area contributed by atoms with Crippen LogP contribution in [0.5, 0.6) is 0 Å². The standard InChI is InChI=1S/C21H13F6NO3/c22-20(23,24)12-6-11(7-13(8-12)21(25,26)27)17-16(10-4-2-1-3-5-10)28-18(31-17)14-9-15(14)19(29)30/h1-8,14-15H,9H2,(H,29,30)/t14-,15-/m0/s1. The van der Waals surface area contributed by atoms with Crippen LogP contribution >= 0.6 is 0 Å². The van der Waals surface area contributed by atoms with Gasteiger partial charge in [0.15, 0.2) is 11.7 Å². The van der Waals surface area contributed by atoms with E-state index in [1.807, 2.05) is 0 Å². The molecule has 0 unspecified atom stereocenters. The largest absolute Gasteiger partial charge is 0.481 e. The molecule has 31 heavy (non-hydrogen) atoms. The van der Waals surface area contributed by atoms with E-state index in [1.165, 1.54) is 0 Å². The maximum Gasteiger partial charge on any atom is 0.416 e. The van der Waals surface area contributed by atoms with Crippen molar-refractivity contribution in [3.63, 3.8) is 0 Å². The van der Waals surface area contributed by atoms with Gasteiger partial charge in [0.25, 0.3) is 0 Å². The second kappa shape index (κ2) is 7.14. The first-order valence-corrected chi connectivity index (χ1v) is 9.04. The highest BCUT2D eigenvalue weighted by Gasteiger charge is 2.48. The van der Waals surface area contributed by atoms with Crippen LogP contribution in [0.2, 0.25) is 0 Å². The number of hydrogen-bond acceptors (Lipinski definition) is 3. The van der Waals surface area contributed by atoms with Gasteiger partial charge in [0, 0.05) is 17.0 Å². The number of rotatable bonds is 4. The number of nitrogens with zero attached hydrogens (tertiary/aromatic N) is 1. The fourth-order valence-electron chi connectivity index (χ4n) is 3.31. The number of aromatic nitrogens is 1. The topological polar surface area (TPSA) is 63.3 Å². The molecule has 3 aromatic rings. The zero-order valence-electron chi connectivity index (χ0n) is 15.5. The van der Waals surface area contributed by atoms with E-state index in [9.17, 15) is 31.1 Å². The summed E-state index contributed by atoms with van der Waals surface area (Å²) >= 11 is 0. The summed E-state index contributed by atoms with van der Waals surface area (Å²) in [6, 6.07) is 9.23. The van der Waals surface area contributed by atoms with Gasteiger partial charge in [-0.25, -0.2) is 4.98 Å². The van der Waals surface area contributed by atoms with Crippen LogP contribution in [-0.2, 0) is 17.1 Å². The van der Waals surface area contributed by atoms with Crippen LogP contribution in [0, 0.1) is 5.92 Å². The summed E-state index contributed by atoms with van der Waals surface area (Å²) < 4.78 is 85.3. The maximum atomic E-state index is 13.3. The molecule has 10 heteroatoms. The van der Waals surface area contributed by atoms with Crippen molar-refractivity contribution in [2.24, 2.45) is 5.92 Å². The monoisotopic (exact) mass is 441 g/mol. The van der Waals surface area contributed by atoms with Crippen LogP contribution < -0.4 is 0 Å². The van der Waals surface area contributed by atoms with Crippen molar-refractivity contribution in [1.82, 2.24) is 4.98 Å². The number of alkyl halides is 6. The van der Waals surface area contributed by atoms with Gasteiger partial charge in [0.2, 0.25) is 0 Å². The van der Waals surface area contributed by atoms with Crippen LogP contribution in [0.25, 0.3) is 22.6 Å². The van der Waals surface area contributed by atoms with Crippen molar-refractivity contribution in [3.05, 3.63) is 65.5 Å². The van der Waals surface area contributed by atoms with E-state index in [0.717, 1.165) is 0 Å². The first-order valence-electron chi connectivity index (χ1n) is 9.04. The van der Waals surface area contributed by atoms with Gasteiger partial charge in [-0.05, 0) is 24.6 Å². The third-order valence-electron chi connectivity index (χ3n) is 4.97. The number of carboxylic acid groups (broad SMARTS) is 1. The Bertz CT molecular complexity index is 1100. The van der Waals surface area contributed by atoms with Gasteiger partial charge in [-0.2, -0.15) is 26.3 Å². The van der Waals surface area contributed by atoms with Crippen molar-refractivity contribution in [1.29, 1.82) is 0 Å². The fraction of sp³-hybridized carbons (Fsp3) is 0.238. The van der Waals surface area contributed by atoms with Gasteiger partial charge in [0.05, 0.1) is 17.0 Å². The van der Waals surface area contributed by atoms with E-state index in [4.69, 9.17) is 9.52 Å². The van der Waals surface area contributed by atoms with Crippen LogP contribution in [0.4, 0.5) is 26.3 Å². The zero-order valence-corrected chi connectivity index (χ0v) is 15.5. The molecular weight excluding hydrogens is 428 g/mol. The minimum Gasteiger partial charge on any atom is -0.481 e. The number of aliphatic carboxylic acids is 1. The van der Waals surface area contributed by atoms with Crippen molar-refractivity contribution in [2.45, 2.75) is 24.7 Å². The fourth-order valence-corrected chi connectivity index (χ4v) is 3.31. The zero-order chi connectivity index (χ0) is 22.6. The molecule has 0 saturated heterocycles. The number of oxazole rings is 1. The number of halogens is 6. The molecule has 4 rings (SSSR count). The molecule has 1 aromatic heterocycles. The first-order chi connectivity index (χ1) is 14.4. The van der Waals surface area contributed by atoms with E-state index in [-0.39, 0.29) is 29.8 Å². The quantitative estimate of drug-likeness (QED) is 0.488. The Morgan fingerprint density at radius 2 is 1.52 bits per heavy atom. The molecule has 2 aromatic carbocycles. The summed E-state index contributed by atoms with van der Waals surface area (Å²) in [5.74, 6) is -2.76. The molecule has 0 radical (unpaired) electrons. The Morgan fingerprint density at radius 3 is 2.00 bits per heavy atom. The van der Waals surface area contributed by atoms with Gasteiger partial charge in [-0.3, -0.25) is 4.79 Å². The van der Waals surface area contributed by atoms with E-state index in [2.05, 4.69) is 4.98 Å². The predicted octanol–water partition coefficient (Wildman–Crippen LogP) is 6.23. The van der Waals surface area contributed by atoms with Gasteiger partial charge in [-0.1, -0.05) is 30.3 Å². The number of benzene rings is 2. The van der Waals surface area contributed by atoms with Crippen LogP contribution in [0.3, 0.4) is 0 Å². The van der Waals surface area contributed by atoms with Gasteiger partial charge in [-0.15, -0.1) is 0 Å². The Morgan fingerprint density at radius 1 is 0.935 bits per heavy atom. The molecule has 1 fully saturated rings. The third-order valence-corrected chi connectivity index (χ3v) is 4.97. The van der Waals surface area contributed by atoms with Crippen molar-refractivity contribution in [3.8, 4) is 22.6 Å². The van der Waals surface area contributed by atoms with E-state index >= 15 is 0 Å². The normalized spacial score (nSPS) is 18.8. The predicted molar refractivity (Wildman–Crippen MR) is 95.9 cm³/mol. The highest BCUT2D eigenvalue weighted by atomic mass is 19.4. The van der Waals surface area contributed by atoms with Gasteiger partial charge < -0.3 is 9.52 Å². The lowest BCUT2D eigenvalue weighted by Gasteiger charge is -2.13. The van der Waals surface area contributed by atoms with E-state index < -0.39 is 46.8 Å². The molecule has 162 valence electrons. The number of carbonyl (C=O) groups is 1. The minimum atomic E-state index is -5.02. The Balaban J connectivity index is 1.91. The molecule has 0 bridgehead atoms. The smallest absolute Gasteiger partial charge is 0.416 e. The summed E-state index contributed by atoms with van der Waals surface area (Å²) in [7, 11) is 0. The van der Waals surface area contributed by atoms with Crippen molar-refractivity contribution in [2.75, 3.05) is 0 Å². The Kier molecular flexibility index (Phi) is 4.83. The van der Waals surface area contributed by atoms with E-state index in [0.29, 0.717) is 17.7 Å². The SMILES string of the molecule is O=C(O)[C@H]1C[C@@H]1c1nc(-c2ccccc2)c(-c2cc(C(F)(F)F)cc(C(F)(F)F)c2)o1.